The summed E-state index contributed by atoms with van der Waals surface area (Å²) in [6.45, 7) is 9.82. The summed E-state index contributed by atoms with van der Waals surface area (Å²) in [5.41, 5.74) is 0. The largest absolute Gasteiger partial charge is 0.490 e. The first-order valence-corrected chi connectivity index (χ1v) is 11.4. The average Bonchev–Trinajstić information content (AvgIpc) is 3.30. The Balaban J connectivity index is 0.000000383. The molecule has 0 saturated carbocycles. The van der Waals surface area contributed by atoms with Crippen molar-refractivity contribution in [3.05, 3.63) is 0 Å². The minimum absolute atomic E-state index is 0.0743. The maximum atomic E-state index is 12.2. The highest BCUT2D eigenvalue weighted by Gasteiger charge is 2.49. The van der Waals surface area contributed by atoms with Crippen LogP contribution in [0, 0.1) is 11.8 Å². The predicted octanol–water partition coefficient (Wildman–Crippen LogP) is 2.21. The fourth-order valence-corrected chi connectivity index (χ4v) is 4.75. The molecule has 9 nitrogen and oxygen atoms in total. The average molecular weight is 537 g/mol. The summed E-state index contributed by atoms with van der Waals surface area (Å²) in [5.74, 6) is -3.86. The van der Waals surface area contributed by atoms with Gasteiger partial charge in [0.25, 0.3) is 0 Å². The minimum Gasteiger partial charge on any atom is -0.475 e. The van der Waals surface area contributed by atoms with Crippen LogP contribution in [0.2, 0.25) is 0 Å². The second-order valence-electron chi connectivity index (χ2n) is 9.11. The third-order valence-electron chi connectivity index (χ3n) is 6.24. The monoisotopic (exact) mass is 537 g/mol. The van der Waals surface area contributed by atoms with Gasteiger partial charge in [0, 0.05) is 52.0 Å². The van der Waals surface area contributed by atoms with E-state index in [1.807, 2.05) is 0 Å². The van der Waals surface area contributed by atoms with Gasteiger partial charge in [-0.15, -0.1) is 0 Å². The van der Waals surface area contributed by atoms with E-state index in [1.165, 1.54) is 25.9 Å². The summed E-state index contributed by atoms with van der Waals surface area (Å²) in [7, 11) is 1.76. The Bertz CT molecular complexity index is 719. The van der Waals surface area contributed by atoms with E-state index in [0.29, 0.717) is 18.0 Å². The molecule has 0 aromatic heterocycles. The topological polar surface area (TPSA) is 119 Å². The number of rotatable bonds is 4. The number of likely N-dealkylation sites (N-methyl/N-ethyl adjacent to an activating group) is 1. The van der Waals surface area contributed by atoms with Crippen LogP contribution < -0.4 is 5.32 Å². The summed E-state index contributed by atoms with van der Waals surface area (Å²) in [5, 5.41) is 17.1. The Morgan fingerprint density at radius 3 is 1.83 bits per heavy atom. The Morgan fingerprint density at radius 1 is 0.972 bits per heavy atom. The van der Waals surface area contributed by atoms with Crippen molar-refractivity contribution in [2.24, 2.45) is 11.8 Å². The van der Waals surface area contributed by atoms with Gasteiger partial charge in [0.05, 0.1) is 6.04 Å². The smallest absolute Gasteiger partial charge is 0.475 e. The summed E-state index contributed by atoms with van der Waals surface area (Å²) >= 11 is 0. The van der Waals surface area contributed by atoms with Gasteiger partial charge in [-0.05, 0) is 44.9 Å². The molecule has 210 valence electrons. The van der Waals surface area contributed by atoms with Crippen LogP contribution in [0.25, 0.3) is 0 Å². The molecule has 0 aromatic carbocycles. The number of ether oxygens (including phenoxy) is 1. The van der Waals surface area contributed by atoms with Crippen LogP contribution in [0.3, 0.4) is 0 Å². The number of aliphatic carboxylic acids is 2. The zero-order valence-corrected chi connectivity index (χ0v) is 20.2. The van der Waals surface area contributed by atoms with Crippen molar-refractivity contribution >= 4 is 17.8 Å². The molecular weight excluding hydrogens is 504 g/mol. The SMILES string of the molecule is CNC(=O)[C@@H]1C[C@H]2CN(CC3CCOCC3)C[C@H]2N1C(C)C.O=C(O)C(F)(F)F.O=C(O)C(F)(F)F. The number of alkyl halides is 6. The number of nitrogens with zero attached hydrogens (tertiary/aromatic N) is 2. The standard InChI is InChI=1S/C17H31N3O2.2C2HF3O2/c1-12(2)20-15(17(21)18-3)8-14-10-19(11-16(14)20)9-13-4-6-22-7-5-13;2*3-2(4,5)1(6)7/h12-16H,4-11H2,1-3H3,(H,18,21);2*(H,6,7)/t14-,15-,16+;;/m0../s1. The number of hydrogen-bond acceptors (Lipinski definition) is 6. The van der Waals surface area contributed by atoms with Crippen LogP contribution in [0.5, 0.6) is 0 Å². The molecule has 0 radical (unpaired) electrons. The van der Waals surface area contributed by atoms with E-state index in [1.54, 1.807) is 7.05 Å². The van der Waals surface area contributed by atoms with Gasteiger partial charge in [-0.25, -0.2) is 9.59 Å². The molecule has 36 heavy (non-hydrogen) atoms. The first kappa shape index (κ1) is 31.9. The molecule has 0 aromatic rings. The first-order valence-electron chi connectivity index (χ1n) is 11.4. The normalized spacial score (nSPS) is 25.3. The number of likely N-dealkylation sites (tertiary alicyclic amines) is 2. The molecule has 3 rings (SSSR count). The zero-order valence-electron chi connectivity index (χ0n) is 20.2. The number of carboxylic acid groups (broad SMARTS) is 2. The lowest BCUT2D eigenvalue weighted by Crippen LogP contribution is -2.50. The first-order chi connectivity index (χ1) is 16.5. The molecule has 3 N–H and O–H groups in total. The Hall–Kier alpha value is -2.13. The van der Waals surface area contributed by atoms with Gasteiger partial charge in [-0.1, -0.05) is 0 Å². The molecule has 3 aliphatic heterocycles. The van der Waals surface area contributed by atoms with E-state index >= 15 is 0 Å². The molecule has 0 aliphatic carbocycles. The van der Waals surface area contributed by atoms with E-state index in [9.17, 15) is 31.1 Å². The lowest BCUT2D eigenvalue weighted by molar-refractivity contribution is -0.193. The summed E-state index contributed by atoms with van der Waals surface area (Å²) in [6, 6.07) is 1.06. The Labute approximate surface area is 204 Å². The molecule has 0 bridgehead atoms. The molecule has 1 amide bonds. The lowest BCUT2D eigenvalue weighted by atomic mass is 9.99. The fourth-order valence-electron chi connectivity index (χ4n) is 4.75. The molecule has 3 atom stereocenters. The summed E-state index contributed by atoms with van der Waals surface area (Å²) < 4.78 is 68.9. The molecule has 0 spiro atoms. The minimum atomic E-state index is -5.08. The quantitative estimate of drug-likeness (QED) is 0.467. The second-order valence-corrected chi connectivity index (χ2v) is 9.11. The van der Waals surface area contributed by atoms with Crippen molar-refractivity contribution in [3.8, 4) is 0 Å². The van der Waals surface area contributed by atoms with Crippen LogP contribution in [0.15, 0.2) is 0 Å². The number of hydrogen-bond donors (Lipinski definition) is 3. The summed E-state index contributed by atoms with van der Waals surface area (Å²) in [6.07, 6.45) is -6.73. The van der Waals surface area contributed by atoms with Crippen LogP contribution in [0.4, 0.5) is 26.3 Å². The summed E-state index contributed by atoms with van der Waals surface area (Å²) in [4.78, 5) is 35.1. The van der Waals surface area contributed by atoms with Gasteiger partial charge in [0.15, 0.2) is 0 Å². The van der Waals surface area contributed by atoms with E-state index in [0.717, 1.165) is 32.1 Å². The van der Waals surface area contributed by atoms with Gasteiger partial charge in [0.2, 0.25) is 5.91 Å². The maximum absolute atomic E-state index is 12.2. The number of carbonyl (C=O) groups is 3. The van der Waals surface area contributed by atoms with Crippen molar-refractivity contribution in [2.75, 3.05) is 39.9 Å². The van der Waals surface area contributed by atoms with Gasteiger partial charge >= 0.3 is 24.3 Å². The van der Waals surface area contributed by atoms with Crippen molar-refractivity contribution < 1.29 is 55.7 Å². The van der Waals surface area contributed by atoms with Crippen molar-refractivity contribution in [1.82, 2.24) is 15.1 Å². The maximum Gasteiger partial charge on any atom is 0.490 e. The van der Waals surface area contributed by atoms with E-state index in [4.69, 9.17) is 24.5 Å². The fraction of sp³-hybridized carbons (Fsp3) is 0.857. The second kappa shape index (κ2) is 13.4. The third-order valence-corrected chi connectivity index (χ3v) is 6.24. The van der Waals surface area contributed by atoms with Gasteiger partial charge in [-0.3, -0.25) is 9.69 Å². The number of halogens is 6. The molecule has 3 heterocycles. The van der Waals surface area contributed by atoms with Gasteiger partial charge in [-0.2, -0.15) is 26.3 Å². The molecule has 3 aliphatic rings. The molecule has 0 unspecified atom stereocenters. The third kappa shape index (κ3) is 9.73. The van der Waals surface area contributed by atoms with Crippen LogP contribution >= 0.6 is 0 Å². The van der Waals surface area contributed by atoms with Crippen molar-refractivity contribution in [1.29, 1.82) is 0 Å². The molecular formula is C21H33F6N3O6. The molecule has 3 fully saturated rings. The Kier molecular flexibility index (Phi) is 11.9. The van der Waals surface area contributed by atoms with Crippen LogP contribution in [-0.4, -0.2) is 108 Å². The van der Waals surface area contributed by atoms with E-state index in [-0.39, 0.29) is 11.9 Å². The van der Waals surface area contributed by atoms with Crippen molar-refractivity contribution in [2.45, 2.75) is 63.6 Å². The molecule has 3 saturated heterocycles. The highest BCUT2D eigenvalue weighted by molar-refractivity contribution is 5.82. The number of carboxylic acids is 2. The predicted molar refractivity (Wildman–Crippen MR) is 114 cm³/mol. The molecule has 15 heteroatoms. The number of fused-ring (bicyclic) bond motifs is 1. The Morgan fingerprint density at radius 2 is 1.44 bits per heavy atom. The highest BCUT2D eigenvalue weighted by atomic mass is 19.4. The number of carbonyl (C=O) groups excluding carboxylic acids is 1. The number of nitrogens with one attached hydrogen (secondary N) is 1. The van der Waals surface area contributed by atoms with E-state index < -0.39 is 24.3 Å². The van der Waals surface area contributed by atoms with Gasteiger partial charge < -0.3 is 25.2 Å². The lowest BCUT2D eigenvalue weighted by Gasteiger charge is -2.34. The van der Waals surface area contributed by atoms with Crippen LogP contribution in [-0.2, 0) is 19.1 Å². The van der Waals surface area contributed by atoms with E-state index in [2.05, 4.69) is 29.0 Å². The highest BCUT2D eigenvalue weighted by Crippen LogP contribution is 2.37. The van der Waals surface area contributed by atoms with Gasteiger partial charge in [0.1, 0.15) is 0 Å². The number of amides is 1. The zero-order chi connectivity index (χ0) is 27.8. The van der Waals surface area contributed by atoms with Crippen molar-refractivity contribution in [3.63, 3.8) is 0 Å². The van der Waals surface area contributed by atoms with Crippen LogP contribution in [0.1, 0.15) is 33.1 Å².